The molecule has 0 aliphatic rings. The smallest absolute Gasteiger partial charge is 2.00 e. The van der Waals surface area contributed by atoms with Crippen molar-refractivity contribution in [3.05, 3.63) is 0 Å². The van der Waals surface area contributed by atoms with Gasteiger partial charge in [-0.3, -0.25) is 0 Å². The monoisotopic (exact) mass is 298 g/mol. The summed E-state index contributed by atoms with van der Waals surface area (Å²) >= 11 is 0. The van der Waals surface area contributed by atoms with E-state index < -0.39 is 0 Å². The first kappa shape index (κ1) is 27.2. The topological polar surface area (TPSA) is 28.5 Å². The molecule has 0 aromatic rings. The first-order chi connectivity index (χ1) is 0. The van der Waals surface area contributed by atoms with Crippen LogP contribution in [0.25, 0.3) is 0 Å². The second-order valence-corrected chi connectivity index (χ2v) is 0. The molecular weight excluding hydrogens is 297 g/mol. The van der Waals surface area contributed by atoms with Crippen molar-refractivity contribution >= 4 is 45.5 Å². The third kappa shape index (κ3) is 8.94. The second-order valence-electron chi connectivity index (χ2n) is 0. The molecule has 13 valence electrons. The summed E-state index contributed by atoms with van der Waals surface area (Å²) in [6.45, 7) is 0. The number of hydrogen-bond donors (Lipinski definition) is 0. The van der Waals surface area contributed by atoms with E-state index in [1.54, 1.807) is 0 Å². The first-order valence-corrected chi connectivity index (χ1v) is 0. The molecule has 0 heterocycles. The molecule has 4 heteroatoms. The van der Waals surface area contributed by atoms with E-state index in [2.05, 4.69) is 0 Å². The van der Waals surface area contributed by atoms with E-state index in [1.807, 2.05) is 0 Å². The Morgan fingerprint density at radius 3 is 1.00 bits per heavy atom. The van der Waals surface area contributed by atoms with Gasteiger partial charge in [-0.15, -0.1) is 0 Å². The minimum absolute atomic E-state index is 0. The average Bonchev–Trinajstić information content (AvgIpc) is 0. The van der Waals surface area contributed by atoms with Gasteiger partial charge in [-0.1, -0.05) is 0 Å². The Kier molecular flexibility index (Phi) is 112. The minimum atomic E-state index is 0. The van der Waals surface area contributed by atoms with Crippen molar-refractivity contribution < 1.29 is 58.1 Å². The summed E-state index contributed by atoms with van der Waals surface area (Å²) in [5.41, 5.74) is 0. The normalized spacial score (nSPS) is 0. The van der Waals surface area contributed by atoms with Gasteiger partial charge in [0.15, 0.2) is 0 Å². The molecule has 1 radical (unpaired) electrons. The summed E-state index contributed by atoms with van der Waals surface area (Å²) in [5, 5.41) is 0. The molecule has 0 N–H and O–H groups in total. The summed E-state index contributed by atoms with van der Waals surface area (Å²) < 4.78 is 0. The van der Waals surface area contributed by atoms with E-state index >= 15 is 0 Å². The molecule has 0 saturated heterocycles. The van der Waals surface area contributed by atoms with Gasteiger partial charge < -0.3 is 5.48 Å². The molecule has 0 amide bonds. The van der Waals surface area contributed by atoms with Gasteiger partial charge in [-0.25, -0.2) is 0 Å². The van der Waals surface area contributed by atoms with Crippen LogP contribution in [0.3, 0.4) is 0 Å². The molecule has 0 aliphatic heterocycles. The van der Waals surface area contributed by atoms with Crippen LogP contribution in [0.1, 0.15) is 0 Å². The summed E-state index contributed by atoms with van der Waals surface area (Å²) in [6.07, 6.45) is 0. The number of hydrogen-bond acceptors (Lipinski definition) is 0. The Balaban J connectivity index is 0. The van der Waals surface area contributed by atoms with Gasteiger partial charge >= 0.3 is 98.1 Å². The molecule has 0 aliphatic carbocycles. The van der Waals surface area contributed by atoms with Gasteiger partial charge in [0.05, 0.1) is 0 Å². The Morgan fingerprint density at radius 1 is 1.00 bits per heavy atom. The van der Waals surface area contributed by atoms with E-state index in [-0.39, 0.29) is 104 Å². The van der Waals surface area contributed by atoms with Crippen LogP contribution in [-0.4, -0.2) is 45.5 Å². The van der Waals surface area contributed by atoms with Crippen LogP contribution in [0.2, 0.25) is 0 Å². The fraction of sp³-hybridized carbons (Fsp3) is 0. The van der Waals surface area contributed by atoms with Crippen molar-refractivity contribution in [2.24, 2.45) is 0 Å². The second kappa shape index (κ2) is 16.4. The van der Waals surface area contributed by atoms with Crippen molar-refractivity contribution in [1.82, 2.24) is 0 Å². The van der Waals surface area contributed by atoms with E-state index in [9.17, 15) is 0 Å². The van der Waals surface area contributed by atoms with Gasteiger partial charge in [-0.05, 0) is 0 Å². The Bertz CT molecular complexity index is 8.00. The molecule has 1 nitrogen and oxygen atoms in total. The molecule has 0 bridgehead atoms. The quantitative estimate of drug-likeness (QED) is 0.539. The molecule has 0 unspecified atom stereocenters. The Hall–Kier alpha value is 3.15. The van der Waals surface area contributed by atoms with Crippen LogP contribution in [0.5, 0.6) is 0 Å². The molecule has 0 atom stereocenters. The van der Waals surface area contributed by atoms with Crippen LogP contribution in [0, 0.1) is 35.6 Å². The Morgan fingerprint density at radius 2 is 1.00 bits per heavy atom. The molecule has 0 aromatic carbocycles. The van der Waals surface area contributed by atoms with E-state index in [1.165, 1.54) is 0 Å². The fourth-order valence-corrected chi connectivity index (χ4v) is 0. The largest absolute Gasteiger partial charge is 3.00 e. The third-order valence-electron chi connectivity index (χ3n) is 0. The van der Waals surface area contributed by atoms with Gasteiger partial charge in [-0.2, -0.15) is 0 Å². The SMILES string of the molecule is [La+3].[Mn+2].[O-2].[Sr+2]. The van der Waals surface area contributed by atoms with Crippen molar-refractivity contribution in [1.29, 1.82) is 0 Å². The summed E-state index contributed by atoms with van der Waals surface area (Å²) in [6, 6.07) is 0. The van der Waals surface area contributed by atoms with Gasteiger partial charge in [0, 0.05) is 0 Å². The van der Waals surface area contributed by atoms with Gasteiger partial charge in [0.25, 0.3) is 0 Å². The fourth-order valence-electron chi connectivity index (χ4n) is 0. The molecule has 4 heavy (non-hydrogen) atoms. The van der Waals surface area contributed by atoms with E-state index in [0.29, 0.717) is 0 Å². The third-order valence-corrected chi connectivity index (χ3v) is 0. The summed E-state index contributed by atoms with van der Waals surface area (Å²) in [4.78, 5) is 0. The molecule has 0 spiro atoms. The first-order valence-electron chi connectivity index (χ1n) is 0. The predicted molar refractivity (Wildman–Crippen MR) is 6.44 cm³/mol. The summed E-state index contributed by atoms with van der Waals surface area (Å²) in [7, 11) is 0. The maximum absolute atomic E-state index is 0. The standard InChI is InChI=1S/La.Mn.O.Sr/q+3;+2;-2;+2. The molecular formula is LaMnOSr+5. The average molecular weight is 297 g/mol. The van der Waals surface area contributed by atoms with Crippen molar-refractivity contribution in [3.63, 3.8) is 0 Å². The maximum atomic E-state index is 0. The molecule has 0 rings (SSSR count). The van der Waals surface area contributed by atoms with Gasteiger partial charge in [0.2, 0.25) is 0 Å². The van der Waals surface area contributed by atoms with Crippen LogP contribution >= 0.6 is 0 Å². The van der Waals surface area contributed by atoms with Crippen LogP contribution < -0.4 is 0 Å². The zero-order chi connectivity index (χ0) is 0. The maximum Gasteiger partial charge on any atom is 3.00 e. The van der Waals surface area contributed by atoms with Crippen LogP contribution in [0.4, 0.5) is 0 Å². The zero-order valence-electron chi connectivity index (χ0n) is 2.07. The van der Waals surface area contributed by atoms with Crippen molar-refractivity contribution in [3.8, 4) is 0 Å². The van der Waals surface area contributed by atoms with Gasteiger partial charge in [0.1, 0.15) is 0 Å². The zero-order valence-corrected chi connectivity index (χ0v) is 10.4. The van der Waals surface area contributed by atoms with Crippen molar-refractivity contribution in [2.75, 3.05) is 0 Å². The Labute approximate surface area is 101 Å². The number of rotatable bonds is 0. The van der Waals surface area contributed by atoms with E-state index in [0.717, 1.165) is 0 Å². The predicted octanol–water partition coefficient (Wildman–Crippen LogP) is -0.502. The van der Waals surface area contributed by atoms with Crippen LogP contribution in [-0.2, 0) is 22.5 Å². The molecule has 0 fully saturated rings. The van der Waals surface area contributed by atoms with Crippen LogP contribution in [0.15, 0.2) is 0 Å². The summed E-state index contributed by atoms with van der Waals surface area (Å²) in [5.74, 6) is 0. The molecule has 0 saturated carbocycles. The van der Waals surface area contributed by atoms with E-state index in [4.69, 9.17) is 0 Å². The molecule has 0 aromatic heterocycles. The minimum Gasteiger partial charge on any atom is -2.00 e. The van der Waals surface area contributed by atoms with Crippen molar-refractivity contribution in [2.45, 2.75) is 0 Å².